The van der Waals surface area contributed by atoms with Crippen LogP contribution in [0, 0.1) is 0 Å². The first-order chi connectivity index (χ1) is 15.1. The van der Waals surface area contributed by atoms with Crippen molar-refractivity contribution >= 4 is 16.9 Å². The third kappa shape index (κ3) is 6.35. The zero-order valence-electron chi connectivity index (χ0n) is 17.8. The lowest BCUT2D eigenvalue weighted by Gasteiger charge is -2.09. The van der Waals surface area contributed by atoms with Gasteiger partial charge in [0.25, 0.3) is 0 Å². The van der Waals surface area contributed by atoms with Gasteiger partial charge in [-0.25, -0.2) is 0 Å². The maximum Gasteiger partial charge on any atom is 0.305 e. The van der Waals surface area contributed by atoms with Gasteiger partial charge in [0, 0.05) is 30.2 Å². The van der Waals surface area contributed by atoms with E-state index in [2.05, 4.69) is 0 Å². The Bertz CT molecular complexity index is 1050. The molecular weight excluding hydrogens is 396 g/mol. The average molecular weight is 424 g/mol. The van der Waals surface area contributed by atoms with Gasteiger partial charge in [0.05, 0.1) is 13.2 Å². The summed E-state index contributed by atoms with van der Waals surface area (Å²) in [5.74, 6) is 0.613. The molecule has 0 radical (unpaired) electrons. The lowest BCUT2D eigenvalue weighted by atomic mass is 10.1. The van der Waals surface area contributed by atoms with Gasteiger partial charge >= 0.3 is 5.97 Å². The highest BCUT2D eigenvalue weighted by Crippen LogP contribution is 2.31. The number of carbonyl (C=O) groups excluding carboxylic acids is 1. The maximum absolute atomic E-state index is 12.5. The number of aromatic hydroxyl groups is 1. The molecule has 0 saturated heterocycles. The lowest BCUT2D eigenvalue weighted by Crippen LogP contribution is -2.03. The highest BCUT2D eigenvalue weighted by Gasteiger charge is 2.13. The zero-order chi connectivity index (χ0) is 22.1. The van der Waals surface area contributed by atoms with Crippen LogP contribution in [0.2, 0.25) is 0 Å². The van der Waals surface area contributed by atoms with E-state index in [1.165, 1.54) is 12.1 Å². The van der Waals surface area contributed by atoms with E-state index in [9.17, 15) is 14.7 Å². The molecule has 0 saturated carbocycles. The molecular formula is C25H28O6. The number of phenols is 1. The molecule has 0 aliphatic heterocycles. The summed E-state index contributed by atoms with van der Waals surface area (Å²) >= 11 is 0. The minimum atomic E-state index is -0.299. The minimum Gasteiger partial charge on any atom is -0.507 e. The Kier molecular flexibility index (Phi) is 8.10. The number of rotatable bonds is 11. The predicted octanol–water partition coefficient (Wildman–Crippen LogP) is 5.45. The van der Waals surface area contributed by atoms with Crippen molar-refractivity contribution in [1.82, 2.24) is 0 Å². The van der Waals surface area contributed by atoms with Crippen LogP contribution in [0.4, 0.5) is 0 Å². The first-order valence-corrected chi connectivity index (χ1v) is 10.7. The molecule has 0 spiro atoms. The molecule has 31 heavy (non-hydrogen) atoms. The molecule has 0 bridgehead atoms. The van der Waals surface area contributed by atoms with E-state index in [4.69, 9.17) is 13.9 Å². The van der Waals surface area contributed by atoms with Gasteiger partial charge in [0.1, 0.15) is 28.2 Å². The van der Waals surface area contributed by atoms with Crippen LogP contribution in [0.25, 0.3) is 22.3 Å². The van der Waals surface area contributed by atoms with Gasteiger partial charge in [0.2, 0.25) is 0 Å². The number of hydrogen-bond donors (Lipinski definition) is 1. The molecule has 1 aromatic heterocycles. The van der Waals surface area contributed by atoms with E-state index < -0.39 is 0 Å². The number of ether oxygens (including phenoxy) is 2. The van der Waals surface area contributed by atoms with Gasteiger partial charge in [-0.3, -0.25) is 9.59 Å². The fraction of sp³-hybridized carbons (Fsp3) is 0.360. The molecule has 0 aliphatic carbocycles. The third-order valence-corrected chi connectivity index (χ3v) is 4.94. The molecule has 6 nitrogen and oxygen atoms in total. The Morgan fingerprint density at radius 3 is 2.52 bits per heavy atom. The average Bonchev–Trinajstić information content (AvgIpc) is 2.76. The molecule has 3 rings (SSSR count). The summed E-state index contributed by atoms with van der Waals surface area (Å²) in [5, 5.41) is 10.4. The molecule has 6 heteroatoms. The van der Waals surface area contributed by atoms with E-state index >= 15 is 0 Å². The van der Waals surface area contributed by atoms with E-state index in [1.807, 2.05) is 37.3 Å². The molecule has 0 amide bonds. The Balaban J connectivity index is 1.54. The monoisotopic (exact) mass is 424 g/mol. The topological polar surface area (TPSA) is 86.0 Å². The number of hydrogen-bond acceptors (Lipinski definition) is 6. The summed E-state index contributed by atoms with van der Waals surface area (Å²) in [6.07, 6.45) is 5.13. The predicted molar refractivity (Wildman–Crippen MR) is 119 cm³/mol. The smallest absolute Gasteiger partial charge is 0.305 e. The molecule has 0 atom stereocenters. The summed E-state index contributed by atoms with van der Waals surface area (Å²) in [7, 11) is 0. The van der Waals surface area contributed by atoms with Gasteiger partial charge in [-0.05, 0) is 19.8 Å². The molecule has 0 unspecified atom stereocenters. The van der Waals surface area contributed by atoms with Crippen molar-refractivity contribution in [3.63, 3.8) is 0 Å². The first kappa shape index (κ1) is 22.4. The quantitative estimate of drug-likeness (QED) is 0.325. The SMILES string of the molecule is CCOC(=O)CCCCCCCOc1cc(O)c2c(=O)cc(-c3ccccc3)oc2c1. The lowest BCUT2D eigenvalue weighted by molar-refractivity contribution is -0.143. The van der Waals surface area contributed by atoms with Crippen LogP contribution >= 0.6 is 0 Å². The summed E-state index contributed by atoms with van der Waals surface area (Å²) in [4.78, 5) is 23.8. The summed E-state index contributed by atoms with van der Waals surface area (Å²) in [6, 6.07) is 13.8. The summed E-state index contributed by atoms with van der Waals surface area (Å²) in [5.41, 5.74) is 0.780. The summed E-state index contributed by atoms with van der Waals surface area (Å²) < 4.78 is 16.6. The first-order valence-electron chi connectivity index (χ1n) is 10.7. The van der Waals surface area contributed by atoms with Gasteiger partial charge in [0.15, 0.2) is 5.43 Å². The Morgan fingerprint density at radius 2 is 1.74 bits per heavy atom. The van der Waals surface area contributed by atoms with Crippen LogP contribution in [0.3, 0.4) is 0 Å². The zero-order valence-corrected chi connectivity index (χ0v) is 17.8. The molecule has 164 valence electrons. The number of benzene rings is 2. The summed E-state index contributed by atoms with van der Waals surface area (Å²) in [6.45, 7) is 2.73. The van der Waals surface area contributed by atoms with E-state index in [0.29, 0.717) is 36.7 Å². The number of fused-ring (bicyclic) bond motifs is 1. The van der Waals surface area contributed by atoms with Crippen LogP contribution in [-0.4, -0.2) is 24.3 Å². The Hall–Kier alpha value is -3.28. The molecule has 0 fully saturated rings. The Morgan fingerprint density at radius 1 is 1.00 bits per heavy atom. The molecule has 1 heterocycles. The number of phenolic OH excluding ortho intramolecular Hbond substituents is 1. The second kappa shape index (κ2) is 11.2. The van der Waals surface area contributed by atoms with Gasteiger partial charge in [-0.1, -0.05) is 49.6 Å². The van der Waals surface area contributed by atoms with Crippen molar-refractivity contribution in [1.29, 1.82) is 0 Å². The standard InChI is InChI=1S/C25H28O6/c1-2-29-24(28)13-9-4-3-5-10-14-30-19-15-20(26)25-21(27)17-22(31-23(25)16-19)18-11-7-6-8-12-18/h6-8,11-12,15-17,26H,2-5,9-10,13-14H2,1H3. The maximum atomic E-state index is 12.5. The van der Waals surface area contributed by atoms with Crippen molar-refractivity contribution in [2.24, 2.45) is 0 Å². The normalized spacial score (nSPS) is 10.9. The van der Waals surface area contributed by atoms with Crippen molar-refractivity contribution in [3.8, 4) is 22.8 Å². The minimum absolute atomic E-state index is 0.135. The second-order valence-corrected chi connectivity index (χ2v) is 7.33. The van der Waals surface area contributed by atoms with Crippen molar-refractivity contribution in [3.05, 3.63) is 58.8 Å². The molecule has 0 aliphatic rings. The number of carbonyl (C=O) groups is 1. The van der Waals surface area contributed by atoms with Gasteiger partial charge < -0.3 is 19.0 Å². The molecule has 2 aromatic carbocycles. The van der Waals surface area contributed by atoms with Crippen molar-refractivity contribution in [2.75, 3.05) is 13.2 Å². The van der Waals surface area contributed by atoms with E-state index in [-0.39, 0.29) is 22.5 Å². The van der Waals surface area contributed by atoms with E-state index in [0.717, 1.165) is 37.7 Å². The van der Waals surface area contributed by atoms with Crippen LogP contribution in [0.15, 0.2) is 57.7 Å². The fourth-order valence-electron chi connectivity index (χ4n) is 3.40. The van der Waals surface area contributed by atoms with Gasteiger partial charge in [-0.2, -0.15) is 0 Å². The highest BCUT2D eigenvalue weighted by molar-refractivity contribution is 5.86. The second-order valence-electron chi connectivity index (χ2n) is 7.33. The van der Waals surface area contributed by atoms with Crippen LogP contribution in [-0.2, 0) is 9.53 Å². The van der Waals surface area contributed by atoms with Crippen LogP contribution < -0.4 is 10.2 Å². The third-order valence-electron chi connectivity index (χ3n) is 4.94. The highest BCUT2D eigenvalue weighted by atomic mass is 16.5. The van der Waals surface area contributed by atoms with Gasteiger partial charge in [-0.15, -0.1) is 0 Å². The fourth-order valence-corrected chi connectivity index (χ4v) is 3.40. The Labute approximate surface area is 181 Å². The number of unbranched alkanes of at least 4 members (excludes halogenated alkanes) is 4. The van der Waals surface area contributed by atoms with Crippen molar-refractivity contribution in [2.45, 2.75) is 45.4 Å². The van der Waals surface area contributed by atoms with E-state index in [1.54, 1.807) is 6.07 Å². The van der Waals surface area contributed by atoms with Crippen molar-refractivity contribution < 1.29 is 23.8 Å². The van der Waals surface area contributed by atoms with Crippen LogP contribution in [0.1, 0.15) is 45.4 Å². The molecule has 3 aromatic rings. The largest absolute Gasteiger partial charge is 0.507 e. The van der Waals surface area contributed by atoms with Crippen LogP contribution in [0.5, 0.6) is 11.5 Å². The number of esters is 1. The molecule has 1 N–H and O–H groups in total.